The van der Waals surface area contributed by atoms with E-state index in [4.69, 9.17) is 28.3 Å². The summed E-state index contributed by atoms with van der Waals surface area (Å²) >= 11 is 11.7. The second kappa shape index (κ2) is 5.17. The van der Waals surface area contributed by atoms with Crippen LogP contribution in [0.25, 0.3) is 0 Å². The van der Waals surface area contributed by atoms with Crippen LogP contribution in [0, 0.1) is 0 Å². The summed E-state index contributed by atoms with van der Waals surface area (Å²) < 4.78 is 24.1. The highest BCUT2D eigenvalue weighted by Crippen LogP contribution is 2.25. The van der Waals surface area contributed by atoms with Crippen molar-refractivity contribution in [3.8, 4) is 0 Å². The number of aryl methyl sites for hydroxylation is 1. The van der Waals surface area contributed by atoms with E-state index in [-0.39, 0.29) is 21.2 Å². The molecule has 0 bridgehead atoms. The van der Waals surface area contributed by atoms with Gasteiger partial charge in [-0.2, -0.15) is 5.10 Å². The molecule has 0 radical (unpaired) electrons. The Balaban J connectivity index is 2.61. The molecule has 6 nitrogen and oxygen atoms in total. The third-order valence-electron chi connectivity index (χ3n) is 2.57. The highest BCUT2D eigenvalue weighted by Gasteiger charge is 2.26. The second-order valence-corrected chi connectivity index (χ2v) is 6.31. The minimum Gasteiger partial charge on any atom is -0.288 e. The van der Waals surface area contributed by atoms with Gasteiger partial charge < -0.3 is 0 Å². The van der Waals surface area contributed by atoms with Crippen LogP contribution in [0.5, 0.6) is 0 Å². The number of carbonyl (C=O) groups excluding carboxylic acids is 1. The van der Waals surface area contributed by atoms with Crippen molar-refractivity contribution in [3.05, 3.63) is 45.6 Å². The fourth-order valence-electron chi connectivity index (χ4n) is 1.74. The first-order valence-electron chi connectivity index (χ1n) is 5.26. The van der Waals surface area contributed by atoms with Crippen molar-refractivity contribution in [1.29, 1.82) is 0 Å². The molecule has 0 spiro atoms. The molecule has 0 fully saturated rings. The highest BCUT2D eigenvalue weighted by atomic mass is 35.5. The third kappa shape index (κ3) is 2.71. The number of halogens is 2. The fourth-order valence-corrected chi connectivity index (χ4v) is 3.10. The zero-order chi connectivity index (χ0) is 15.1. The first-order chi connectivity index (χ1) is 9.21. The van der Waals surface area contributed by atoms with Gasteiger partial charge in [0.25, 0.3) is 10.0 Å². The van der Waals surface area contributed by atoms with Crippen LogP contribution in [0.1, 0.15) is 15.9 Å². The smallest absolute Gasteiger partial charge is 0.255 e. The van der Waals surface area contributed by atoms with E-state index < -0.39 is 15.8 Å². The molecule has 2 rings (SSSR count). The van der Waals surface area contributed by atoms with Gasteiger partial charge in [-0.15, -0.1) is 0 Å². The molecule has 0 saturated heterocycles. The summed E-state index contributed by atoms with van der Waals surface area (Å²) in [5, 5.41) is 8.95. The number of carbonyl (C=O) groups is 1. The molecular weight excluding hydrogens is 325 g/mol. The Bertz CT molecular complexity index is 799. The topological polar surface area (TPSA) is 95.0 Å². The average Bonchev–Trinajstić information content (AvgIpc) is 2.70. The number of aromatic nitrogens is 2. The Morgan fingerprint density at radius 3 is 2.50 bits per heavy atom. The summed E-state index contributed by atoms with van der Waals surface area (Å²) in [7, 11) is -2.71. The van der Waals surface area contributed by atoms with Crippen molar-refractivity contribution in [1.82, 2.24) is 9.78 Å². The average molecular weight is 334 g/mol. The molecule has 0 atom stereocenters. The summed E-state index contributed by atoms with van der Waals surface area (Å²) in [5.74, 6) is -0.594. The summed E-state index contributed by atoms with van der Waals surface area (Å²) in [6.07, 6.45) is 1.13. The van der Waals surface area contributed by atoms with Crippen LogP contribution < -0.4 is 5.14 Å². The maximum absolute atomic E-state index is 12.4. The number of nitrogens with two attached hydrogens (primary N) is 1. The van der Waals surface area contributed by atoms with Gasteiger partial charge in [-0.05, 0) is 18.2 Å². The molecule has 0 aliphatic carbocycles. The molecule has 2 N–H and O–H groups in total. The molecule has 0 saturated carbocycles. The summed E-state index contributed by atoms with van der Waals surface area (Å²) in [6, 6.07) is 4.28. The van der Waals surface area contributed by atoms with Gasteiger partial charge in [-0.1, -0.05) is 23.2 Å². The Kier molecular flexibility index (Phi) is 3.88. The van der Waals surface area contributed by atoms with Gasteiger partial charge in [0.1, 0.15) is 0 Å². The lowest BCUT2D eigenvalue weighted by Crippen LogP contribution is -2.20. The molecule has 1 aromatic heterocycles. The van der Waals surface area contributed by atoms with Crippen molar-refractivity contribution in [2.75, 3.05) is 0 Å². The quantitative estimate of drug-likeness (QED) is 0.863. The van der Waals surface area contributed by atoms with Crippen LogP contribution in [0.3, 0.4) is 0 Å². The van der Waals surface area contributed by atoms with E-state index >= 15 is 0 Å². The molecule has 20 heavy (non-hydrogen) atoms. The Morgan fingerprint density at radius 1 is 1.30 bits per heavy atom. The van der Waals surface area contributed by atoms with Crippen LogP contribution in [0.15, 0.2) is 29.4 Å². The molecule has 2 aromatic rings. The van der Waals surface area contributed by atoms with Gasteiger partial charge in [0.05, 0.1) is 16.8 Å². The maximum atomic E-state index is 12.4. The minimum absolute atomic E-state index is 0.117. The van der Waals surface area contributed by atoms with Crippen molar-refractivity contribution < 1.29 is 13.2 Å². The molecule has 1 heterocycles. The Morgan fingerprint density at radius 2 is 1.95 bits per heavy atom. The van der Waals surface area contributed by atoms with Gasteiger partial charge in [0.15, 0.2) is 10.8 Å². The number of hydrogen-bond donors (Lipinski definition) is 1. The largest absolute Gasteiger partial charge is 0.288 e. The molecule has 0 aliphatic heterocycles. The van der Waals surface area contributed by atoms with Gasteiger partial charge >= 0.3 is 0 Å². The van der Waals surface area contributed by atoms with E-state index in [1.54, 1.807) is 0 Å². The van der Waals surface area contributed by atoms with Crippen LogP contribution >= 0.6 is 23.2 Å². The summed E-state index contributed by atoms with van der Waals surface area (Å²) in [5.41, 5.74) is -0.0202. The molecular formula is C11H9Cl2N3O3S. The maximum Gasteiger partial charge on any atom is 0.255 e. The number of hydrogen-bond acceptors (Lipinski definition) is 4. The first-order valence-corrected chi connectivity index (χ1v) is 7.56. The van der Waals surface area contributed by atoms with Gasteiger partial charge in [0.2, 0.25) is 0 Å². The lowest BCUT2D eigenvalue weighted by molar-refractivity contribution is 0.103. The predicted molar refractivity (Wildman–Crippen MR) is 74.5 cm³/mol. The number of nitrogens with zero attached hydrogens (tertiary/aromatic N) is 2. The van der Waals surface area contributed by atoms with E-state index in [2.05, 4.69) is 5.10 Å². The molecule has 0 unspecified atom stereocenters. The third-order valence-corrected chi connectivity index (χ3v) is 4.15. The Labute approximate surface area is 125 Å². The van der Waals surface area contributed by atoms with E-state index in [9.17, 15) is 13.2 Å². The van der Waals surface area contributed by atoms with E-state index in [1.165, 1.54) is 25.2 Å². The molecule has 0 amide bonds. The van der Waals surface area contributed by atoms with Gasteiger partial charge in [-0.25, -0.2) is 13.6 Å². The second-order valence-electron chi connectivity index (χ2n) is 3.99. The molecule has 1 aromatic carbocycles. The van der Waals surface area contributed by atoms with Crippen LogP contribution in [-0.4, -0.2) is 24.0 Å². The van der Waals surface area contributed by atoms with E-state index in [1.807, 2.05) is 0 Å². The molecule has 106 valence electrons. The minimum atomic E-state index is -4.08. The van der Waals surface area contributed by atoms with Gasteiger partial charge in [0, 0.05) is 17.6 Å². The number of benzene rings is 1. The van der Waals surface area contributed by atoms with Crippen LogP contribution in [0.4, 0.5) is 0 Å². The Hall–Kier alpha value is -1.41. The number of primary sulfonamides is 1. The predicted octanol–water partition coefficient (Wildman–Crippen LogP) is 1.61. The molecule has 0 aliphatic rings. The van der Waals surface area contributed by atoms with Crippen molar-refractivity contribution in [3.63, 3.8) is 0 Å². The first kappa shape index (κ1) is 15.0. The normalized spacial score (nSPS) is 11.6. The monoisotopic (exact) mass is 333 g/mol. The number of sulfonamides is 1. The number of rotatable bonds is 3. The highest BCUT2D eigenvalue weighted by molar-refractivity contribution is 7.89. The summed E-state index contributed by atoms with van der Waals surface area (Å²) in [6.45, 7) is 0. The molecule has 9 heteroatoms. The lowest BCUT2D eigenvalue weighted by atomic mass is 10.1. The lowest BCUT2D eigenvalue weighted by Gasteiger charge is -2.05. The van der Waals surface area contributed by atoms with E-state index in [0.717, 1.165) is 10.9 Å². The van der Waals surface area contributed by atoms with Crippen molar-refractivity contribution >= 4 is 39.0 Å². The van der Waals surface area contributed by atoms with Gasteiger partial charge in [-0.3, -0.25) is 9.48 Å². The summed E-state index contributed by atoms with van der Waals surface area (Å²) in [4.78, 5) is 12.4. The number of ketones is 1. The van der Waals surface area contributed by atoms with Crippen LogP contribution in [0.2, 0.25) is 10.0 Å². The van der Waals surface area contributed by atoms with E-state index in [0.29, 0.717) is 5.02 Å². The standard InChI is InChI=1S/C11H9Cl2N3O3S/c1-16-11(20(14,18)19)8(5-15-16)10(17)7-3-2-6(12)4-9(7)13/h2-5H,1H3,(H2,14,18,19). The zero-order valence-corrected chi connectivity index (χ0v) is 12.5. The van der Waals surface area contributed by atoms with Crippen LogP contribution in [-0.2, 0) is 17.1 Å². The SMILES string of the molecule is Cn1ncc(C(=O)c2ccc(Cl)cc2Cl)c1S(N)(=O)=O. The van der Waals surface area contributed by atoms with Crippen molar-refractivity contribution in [2.24, 2.45) is 12.2 Å². The fraction of sp³-hybridized carbons (Fsp3) is 0.0909. The zero-order valence-electron chi connectivity index (χ0n) is 10.2. The van der Waals surface area contributed by atoms with Crippen molar-refractivity contribution in [2.45, 2.75) is 5.03 Å².